The van der Waals surface area contributed by atoms with Crippen molar-refractivity contribution >= 4 is 45.5 Å². The molecule has 1 N–H and O–H groups in total. The van der Waals surface area contributed by atoms with Gasteiger partial charge in [-0.2, -0.15) is 0 Å². The fourth-order valence-corrected chi connectivity index (χ4v) is 4.60. The largest absolute Gasteiger partial charge is 0.495 e. The van der Waals surface area contributed by atoms with Gasteiger partial charge in [-0.1, -0.05) is 43.6 Å². The van der Waals surface area contributed by atoms with Crippen LogP contribution in [0, 0.1) is 0 Å². The number of fused-ring (bicyclic) bond motifs is 1. The fraction of sp³-hybridized carbons (Fsp3) is 0.423. The highest BCUT2D eigenvalue weighted by molar-refractivity contribution is 7.80. The third kappa shape index (κ3) is 6.40. The zero-order valence-electron chi connectivity index (χ0n) is 20.1. The molecule has 0 spiro atoms. The average Bonchev–Trinajstić information content (AvgIpc) is 3.19. The van der Waals surface area contributed by atoms with Crippen molar-refractivity contribution in [1.29, 1.82) is 0 Å². The van der Waals surface area contributed by atoms with Gasteiger partial charge < -0.3 is 24.4 Å². The van der Waals surface area contributed by atoms with Crippen LogP contribution < -0.4 is 10.1 Å². The number of hydrogen-bond donors (Lipinski definition) is 1. The standard InChI is InChI=1S/C26H35ClN4OS/c1-5-29(6-2)15-10-16-31(26(33)28-23-17-21(27)13-14-25(23)32-4)19-20-18-30(7-3)24-12-9-8-11-22(20)24/h8-9,11-14,17-18H,5-7,10,15-16,19H2,1-4H3,(H,28,33). The fourth-order valence-electron chi connectivity index (χ4n) is 4.17. The Hall–Kier alpha value is -2.28. The molecule has 0 radical (unpaired) electrons. The summed E-state index contributed by atoms with van der Waals surface area (Å²) in [5, 5.41) is 5.97. The Morgan fingerprint density at radius 1 is 1.09 bits per heavy atom. The maximum Gasteiger partial charge on any atom is 0.173 e. The molecule has 7 heteroatoms. The minimum atomic E-state index is 0.639. The van der Waals surface area contributed by atoms with Crippen LogP contribution in [0.5, 0.6) is 5.75 Å². The molecule has 178 valence electrons. The highest BCUT2D eigenvalue weighted by Gasteiger charge is 2.17. The van der Waals surface area contributed by atoms with Crippen molar-refractivity contribution in [3.8, 4) is 5.75 Å². The van der Waals surface area contributed by atoms with Crippen LogP contribution in [0.1, 0.15) is 32.8 Å². The van der Waals surface area contributed by atoms with Crippen LogP contribution in [0.3, 0.4) is 0 Å². The molecule has 0 bridgehead atoms. The Morgan fingerprint density at radius 2 is 1.85 bits per heavy atom. The van der Waals surface area contributed by atoms with Gasteiger partial charge in [-0.3, -0.25) is 0 Å². The lowest BCUT2D eigenvalue weighted by atomic mass is 10.1. The van der Waals surface area contributed by atoms with E-state index in [1.54, 1.807) is 7.11 Å². The molecule has 0 amide bonds. The third-order valence-corrected chi connectivity index (χ3v) is 6.66. The quantitative estimate of drug-likeness (QED) is 0.324. The smallest absolute Gasteiger partial charge is 0.173 e. The number of benzene rings is 2. The Labute approximate surface area is 208 Å². The summed E-state index contributed by atoms with van der Waals surface area (Å²) in [6.07, 6.45) is 3.28. The first-order valence-corrected chi connectivity index (χ1v) is 12.5. The summed E-state index contributed by atoms with van der Waals surface area (Å²) in [7, 11) is 1.65. The van der Waals surface area contributed by atoms with Crippen LogP contribution in [0.25, 0.3) is 10.9 Å². The van der Waals surface area contributed by atoms with Crippen LogP contribution in [-0.4, -0.2) is 52.8 Å². The maximum atomic E-state index is 6.24. The molecule has 3 rings (SSSR count). The normalized spacial score (nSPS) is 11.2. The molecule has 2 aromatic carbocycles. The second-order valence-corrected chi connectivity index (χ2v) is 8.86. The van der Waals surface area contributed by atoms with Crippen LogP contribution in [0.2, 0.25) is 5.02 Å². The van der Waals surface area contributed by atoms with Gasteiger partial charge in [0.2, 0.25) is 0 Å². The summed E-state index contributed by atoms with van der Waals surface area (Å²) < 4.78 is 7.81. The molecule has 0 fully saturated rings. The maximum absolute atomic E-state index is 6.24. The predicted molar refractivity (Wildman–Crippen MR) is 145 cm³/mol. The first kappa shape index (κ1) is 25.3. The van der Waals surface area contributed by atoms with Gasteiger partial charge in [-0.05, 0) is 75.0 Å². The first-order chi connectivity index (χ1) is 16.0. The first-order valence-electron chi connectivity index (χ1n) is 11.7. The Kier molecular flexibility index (Phi) is 9.41. The third-order valence-electron chi connectivity index (χ3n) is 6.06. The van der Waals surface area contributed by atoms with Crippen molar-refractivity contribution in [3.05, 3.63) is 59.2 Å². The number of rotatable bonds is 11. The van der Waals surface area contributed by atoms with E-state index in [-0.39, 0.29) is 0 Å². The predicted octanol–water partition coefficient (Wildman–Crippen LogP) is 6.25. The van der Waals surface area contributed by atoms with E-state index in [0.717, 1.165) is 51.4 Å². The molecular formula is C26H35ClN4OS. The lowest BCUT2D eigenvalue weighted by Gasteiger charge is -2.28. The summed E-state index contributed by atoms with van der Waals surface area (Å²) in [5.74, 6) is 0.715. The van der Waals surface area contributed by atoms with Crippen molar-refractivity contribution in [2.24, 2.45) is 0 Å². The highest BCUT2D eigenvalue weighted by atomic mass is 35.5. The Morgan fingerprint density at radius 3 is 2.55 bits per heavy atom. The van der Waals surface area contributed by atoms with Gasteiger partial charge in [-0.25, -0.2) is 0 Å². The van der Waals surface area contributed by atoms with E-state index < -0.39 is 0 Å². The van der Waals surface area contributed by atoms with Gasteiger partial charge in [-0.15, -0.1) is 0 Å². The number of methoxy groups -OCH3 is 1. The van der Waals surface area contributed by atoms with Gasteiger partial charge >= 0.3 is 0 Å². The SMILES string of the molecule is CCN(CC)CCCN(Cc1cn(CC)c2ccccc12)C(=S)Nc1cc(Cl)ccc1OC. The zero-order valence-corrected chi connectivity index (χ0v) is 21.7. The summed E-state index contributed by atoms with van der Waals surface area (Å²) in [4.78, 5) is 4.69. The van der Waals surface area contributed by atoms with Crippen molar-refractivity contribution in [2.75, 3.05) is 38.6 Å². The number of para-hydroxylation sites is 1. The van der Waals surface area contributed by atoms with Crippen molar-refractivity contribution < 1.29 is 4.74 Å². The van der Waals surface area contributed by atoms with E-state index in [0.29, 0.717) is 15.9 Å². The van der Waals surface area contributed by atoms with Crippen molar-refractivity contribution in [3.63, 3.8) is 0 Å². The van der Waals surface area contributed by atoms with Gasteiger partial charge in [0.25, 0.3) is 0 Å². The van der Waals surface area contributed by atoms with E-state index in [2.05, 4.69) is 70.9 Å². The van der Waals surface area contributed by atoms with Crippen molar-refractivity contribution in [2.45, 2.75) is 40.3 Å². The van der Waals surface area contributed by atoms with E-state index in [1.807, 2.05) is 18.2 Å². The monoisotopic (exact) mass is 486 g/mol. The minimum absolute atomic E-state index is 0.639. The molecule has 0 atom stereocenters. The Bertz CT molecular complexity index is 1060. The second kappa shape index (κ2) is 12.3. The number of aryl methyl sites for hydroxylation is 1. The lowest BCUT2D eigenvalue weighted by Crippen LogP contribution is -2.37. The molecule has 0 unspecified atom stereocenters. The highest BCUT2D eigenvalue weighted by Crippen LogP contribution is 2.29. The molecular weight excluding hydrogens is 452 g/mol. The second-order valence-electron chi connectivity index (χ2n) is 8.03. The van der Waals surface area contributed by atoms with Crippen molar-refractivity contribution in [1.82, 2.24) is 14.4 Å². The van der Waals surface area contributed by atoms with E-state index in [4.69, 9.17) is 28.6 Å². The molecule has 0 aliphatic carbocycles. The number of thiocarbonyl (C=S) groups is 1. The van der Waals surface area contributed by atoms with Gasteiger partial charge in [0.15, 0.2) is 5.11 Å². The molecule has 33 heavy (non-hydrogen) atoms. The molecule has 3 aromatic rings. The summed E-state index contributed by atoms with van der Waals surface area (Å²) in [6, 6.07) is 14.1. The van der Waals surface area contributed by atoms with E-state index in [9.17, 15) is 0 Å². The van der Waals surface area contributed by atoms with E-state index in [1.165, 1.54) is 16.5 Å². The van der Waals surface area contributed by atoms with Gasteiger partial charge in [0.1, 0.15) is 5.75 Å². The molecule has 0 saturated carbocycles. The number of anilines is 1. The molecule has 5 nitrogen and oxygen atoms in total. The molecule has 0 saturated heterocycles. The van der Waals surface area contributed by atoms with Crippen LogP contribution >= 0.6 is 23.8 Å². The number of nitrogens with one attached hydrogen (secondary N) is 1. The topological polar surface area (TPSA) is 32.7 Å². The Balaban J connectivity index is 1.85. The number of halogens is 1. The zero-order chi connectivity index (χ0) is 23.8. The number of nitrogens with zero attached hydrogens (tertiary/aromatic N) is 3. The van der Waals surface area contributed by atoms with E-state index >= 15 is 0 Å². The molecule has 0 aliphatic rings. The average molecular weight is 487 g/mol. The molecule has 1 heterocycles. The van der Waals surface area contributed by atoms with Gasteiger partial charge in [0, 0.05) is 41.8 Å². The molecule has 0 aliphatic heterocycles. The van der Waals surface area contributed by atoms with Crippen LogP contribution in [-0.2, 0) is 13.1 Å². The summed E-state index contributed by atoms with van der Waals surface area (Å²) >= 11 is 12.1. The number of ether oxygens (including phenoxy) is 1. The number of hydrogen-bond acceptors (Lipinski definition) is 3. The van der Waals surface area contributed by atoms with Crippen LogP contribution in [0.4, 0.5) is 5.69 Å². The number of aromatic nitrogens is 1. The van der Waals surface area contributed by atoms with Gasteiger partial charge in [0.05, 0.1) is 12.8 Å². The minimum Gasteiger partial charge on any atom is -0.495 e. The van der Waals surface area contributed by atoms with Crippen LogP contribution in [0.15, 0.2) is 48.7 Å². The summed E-state index contributed by atoms with van der Waals surface area (Å²) in [5.41, 5.74) is 3.31. The lowest BCUT2D eigenvalue weighted by molar-refractivity contribution is 0.281. The molecule has 1 aromatic heterocycles. The summed E-state index contributed by atoms with van der Waals surface area (Å²) in [6.45, 7) is 12.3.